The number of nitrogens with one attached hydrogen (secondary N) is 1. The molecule has 0 aliphatic heterocycles. The third-order valence-corrected chi connectivity index (χ3v) is 2.24. The molecule has 0 aliphatic rings. The maximum absolute atomic E-state index is 3.74. The zero-order chi connectivity index (χ0) is 14.9. The van der Waals surface area contributed by atoms with Crippen molar-refractivity contribution in [3.63, 3.8) is 0 Å². The average Bonchev–Trinajstić information content (AvgIpc) is 2.49. The molecule has 108 valence electrons. The molecule has 1 rings (SSSR count). The smallest absolute Gasteiger partial charge is 0.00517 e. The molecule has 0 fully saturated rings. The molecule has 0 aliphatic carbocycles. The monoisotopic (exact) mass is 261 g/mol. The lowest BCUT2D eigenvalue weighted by molar-refractivity contribution is 0.703. The van der Waals surface area contributed by atoms with Crippen molar-refractivity contribution in [1.29, 1.82) is 0 Å². The normalized spacial score (nSPS) is 9.11. The van der Waals surface area contributed by atoms with Crippen molar-refractivity contribution in [3.8, 4) is 0 Å². The highest BCUT2D eigenvalue weighted by molar-refractivity contribution is 5.63. The van der Waals surface area contributed by atoms with Crippen LogP contribution in [0.5, 0.6) is 0 Å². The standard InChI is InChI=1S/C11H12.C5H13N.C2H6/c1-3-7-11-9-6-5-8-10(11)4-2;1-3-5-6-4-2;1-2/h3-9H,2H2,1H3;6H,3-5H2,1-2H3;1-2H3/b7-3-;;. The van der Waals surface area contributed by atoms with Crippen LogP contribution in [0.3, 0.4) is 0 Å². The van der Waals surface area contributed by atoms with Gasteiger partial charge in [-0.2, -0.15) is 0 Å². The van der Waals surface area contributed by atoms with Gasteiger partial charge in [0.1, 0.15) is 0 Å². The largest absolute Gasteiger partial charge is 0.317 e. The van der Waals surface area contributed by atoms with E-state index in [-0.39, 0.29) is 0 Å². The lowest BCUT2D eigenvalue weighted by Crippen LogP contribution is -2.12. The van der Waals surface area contributed by atoms with E-state index in [0.717, 1.165) is 13.1 Å². The summed E-state index contributed by atoms with van der Waals surface area (Å²) in [5.41, 5.74) is 2.41. The van der Waals surface area contributed by atoms with Crippen LogP contribution < -0.4 is 5.32 Å². The van der Waals surface area contributed by atoms with E-state index in [2.05, 4.69) is 44.0 Å². The van der Waals surface area contributed by atoms with Gasteiger partial charge in [-0.1, -0.05) is 76.8 Å². The summed E-state index contributed by atoms with van der Waals surface area (Å²) in [5.74, 6) is 0. The molecule has 0 amide bonds. The fraction of sp³-hybridized carbons (Fsp3) is 0.444. The molecule has 0 unspecified atom stereocenters. The minimum absolute atomic E-state index is 1.10. The van der Waals surface area contributed by atoms with Crippen LogP contribution in [0.2, 0.25) is 0 Å². The second-order valence-corrected chi connectivity index (χ2v) is 3.69. The molecule has 1 aromatic rings. The van der Waals surface area contributed by atoms with Gasteiger partial charge in [0.2, 0.25) is 0 Å². The Morgan fingerprint density at radius 1 is 1.11 bits per heavy atom. The maximum Gasteiger partial charge on any atom is -0.00517 e. The molecule has 1 nitrogen and oxygen atoms in total. The minimum Gasteiger partial charge on any atom is -0.317 e. The van der Waals surface area contributed by atoms with Gasteiger partial charge in [-0.15, -0.1) is 0 Å². The van der Waals surface area contributed by atoms with Crippen LogP contribution in [-0.4, -0.2) is 13.1 Å². The van der Waals surface area contributed by atoms with Crippen molar-refractivity contribution in [3.05, 3.63) is 48.0 Å². The summed E-state index contributed by atoms with van der Waals surface area (Å²) in [7, 11) is 0. The van der Waals surface area contributed by atoms with Crippen molar-refractivity contribution < 1.29 is 0 Å². The first kappa shape index (κ1) is 20.0. The van der Waals surface area contributed by atoms with E-state index in [0.29, 0.717) is 0 Å². The Labute approximate surface area is 120 Å². The van der Waals surface area contributed by atoms with Crippen molar-refractivity contribution in [2.45, 2.75) is 41.0 Å². The van der Waals surface area contributed by atoms with Crippen molar-refractivity contribution in [2.24, 2.45) is 0 Å². The second-order valence-electron chi connectivity index (χ2n) is 3.69. The fourth-order valence-corrected chi connectivity index (χ4v) is 1.38. The number of benzene rings is 1. The summed E-state index contributed by atoms with van der Waals surface area (Å²) in [4.78, 5) is 0. The Balaban J connectivity index is 0. The Kier molecular flexibility index (Phi) is 17.5. The van der Waals surface area contributed by atoms with Crippen LogP contribution >= 0.6 is 0 Å². The first-order valence-corrected chi connectivity index (χ1v) is 7.34. The van der Waals surface area contributed by atoms with Crippen LogP contribution in [0.1, 0.15) is 52.2 Å². The van der Waals surface area contributed by atoms with E-state index in [9.17, 15) is 0 Å². The van der Waals surface area contributed by atoms with Crippen LogP contribution in [0.15, 0.2) is 36.9 Å². The van der Waals surface area contributed by atoms with E-state index < -0.39 is 0 Å². The first-order valence-electron chi connectivity index (χ1n) is 7.34. The molecule has 0 bridgehead atoms. The van der Waals surface area contributed by atoms with Gasteiger partial charge in [-0.05, 0) is 37.6 Å². The van der Waals surface area contributed by atoms with Crippen LogP contribution in [0.25, 0.3) is 12.2 Å². The third kappa shape index (κ3) is 11.5. The molecule has 1 heteroatoms. The van der Waals surface area contributed by atoms with Crippen LogP contribution in [0, 0.1) is 0 Å². The van der Waals surface area contributed by atoms with E-state index in [1.54, 1.807) is 0 Å². The Morgan fingerprint density at radius 2 is 1.68 bits per heavy atom. The van der Waals surface area contributed by atoms with Crippen molar-refractivity contribution in [2.75, 3.05) is 13.1 Å². The third-order valence-electron chi connectivity index (χ3n) is 2.24. The number of hydrogen-bond donors (Lipinski definition) is 1. The zero-order valence-electron chi connectivity index (χ0n) is 13.4. The molecule has 19 heavy (non-hydrogen) atoms. The van der Waals surface area contributed by atoms with Crippen LogP contribution in [-0.2, 0) is 0 Å². The minimum atomic E-state index is 1.10. The summed E-state index contributed by atoms with van der Waals surface area (Å²) in [5, 5.41) is 3.20. The lowest BCUT2D eigenvalue weighted by Gasteiger charge is -1.97. The Hall–Kier alpha value is -1.34. The highest BCUT2D eigenvalue weighted by Gasteiger charge is 1.90. The molecule has 0 spiro atoms. The summed E-state index contributed by atoms with van der Waals surface area (Å²) >= 11 is 0. The maximum atomic E-state index is 3.74. The average molecular weight is 261 g/mol. The van der Waals surface area contributed by atoms with Gasteiger partial charge in [0, 0.05) is 0 Å². The van der Waals surface area contributed by atoms with Gasteiger partial charge in [0.15, 0.2) is 0 Å². The molecule has 1 N–H and O–H groups in total. The predicted octanol–water partition coefficient (Wildman–Crippen LogP) is 5.39. The topological polar surface area (TPSA) is 12.0 Å². The van der Waals surface area contributed by atoms with E-state index >= 15 is 0 Å². The van der Waals surface area contributed by atoms with Gasteiger partial charge in [0.25, 0.3) is 0 Å². The molecule has 0 radical (unpaired) electrons. The fourth-order valence-electron chi connectivity index (χ4n) is 1.38. The number of allylic oxidation sites excluding steroid dienone is 1. The van der Waals surface area contributed by atoms with Gasteiger partial charge in [0.05, 0.1) is 0 Å². The van der Waals surface area contributed by atoms with E-state index in [1.165, 1.54) is 17.5 Å². The Bertz CT molecular complexity index is 322. The van der Waals surface area contributed by atoms with E-state index in [1.807, 2.05) is 45.1 Å². The van der Waals surface area contributed by atoms with Gasteiger partial charge in [-0.3, -0.25) is 0 Å². The molecule has 0 heterocycles. The summed E-state index contributed by atoms with van der Waals surface area (Å²) in [6.07, 6.45) is 7.22. The number of hydrogen-bond acceptors (Lipinski definition) is 1. The summed E-state index contributed by atoms with van der Waals surface area (Å²) in [6.45, 7) is 16.3. The summed E-state index contributed by atoms with van der Waals surface area (Å²) in [6, 6.07) is 8.19. The van der Waals surface area contributed by atoms with Crippen molar-refractivity contribution in [1.82, 2.24) is 5.32 Å². The highest BCUT2D eigenvalue weighted by Crippen LogP contribution is 2.11. The second kappa shape index (κ2) is 16.7. The molecule has 1 aromatic carbocycles. The molecule has 0 saturated heterocycles. The molecule has 0 atom stereocenters. The predicted molar refractivity (Wildman–Crippen MR) is 91.4 cm³/mol. The van der Waals surface area contributed by atoms with Gasteiger partial charge >= 0.3 is 0 Å². The van der Waals surface area contributed by atoms with E-state index in [4.69, 9.17) is 0 Å². The first-order chi connectivity index (χ1) is 9.29. The molecular formula is C18H31N. The summed E-state index contributed by atoms with van der Waals surface area (Å²) < 4.78 is 0. The highest BCUT2D eigenvalue weighted by atomic mass is 14.8. The zero-order valence-corrected chi connectivity index (χ0v) is 13.4. The van der Waals surface area contributed by atoms with Crippen LogP contribution in [0.4, 0.5) is 0 Å². The van der Waals surface area contributed by atoms with Crippen molar-refractivity contribution >= 4 is 12.2 Å². The van der Waals surface area contributed by atoms with Gasteiger partial charge < -0.3 is 5.32 Å². The van der Waals surface area contributed by atoms with Gasteiger partial charge in [-0.25, -0.2) is 0 Å². The quantitative estimate of drug-likeness (QED) is 0.700. The molecule has 0 saturated carbocycles. The molecule has 0 aromatic heterocycles. The SMILES string of the molecule is C=Cc1ccccc1/C=C\C.CC.CCCNCC. The lowest BCUT2D eigenvalue weighted by atomic mass is 10.1. The Morgan fingerprint density at radius 3 is 2.05 bits per heavy atom. The number of rotatable bonds is 5. The molecular weight excluding hydrogens is 230 g/mol.